The molecule has 0 saturated carbocycles. The number of likely N-dealkylation sites (tertiary alicyclic amines) is 1. The van der Waals surface area contributed by atoms with Crippen LogP contribution in [0.4, 0.5) is 13.2 Å². The maximum Gasteiger partial charge on any atom is 0.389 e. The SMILES string of the molecule is O=C(CCC(F)(F)F)N1CC(n2nc(-c3ccccc3)ccc2=O)C1. The summed E-state index contributed by atoms with van der Waals surface area (Å²) in [5.74, 6) is -0.555. The molecule has 0 N–H and O–H groups in total. The van der Waals surface area contributed by atoms with Gasteiger partial charge in [0.05, 0.1) is 18.2 Å². The molecule has 0 radical (unpaired) electrons. The van der Waals surface area contributed by atoms with Gasteiger partial charge < -0.3 is 4.90 Å². The van der Waals surface area contributed by atoms with Gasteiger partial charge in [-0.3, -0.25) is 9.59 Å². The lowest BCUT2D eigenvalue weighted by molar-refractivity contribution is -0.152. The summed E-state index contributed by atoms with van der Waals surface area (Å²) in [7, 11) is 0. The second kappa shape index (κ2) is 6.70. The first-order valence-electron chi connectivity index (χ1n) is 7.83. The highest BCUT2D eigenvalue weighted by atomic mass is 19.4. The number of nitrogens with zero attached hydrogens (tertiary/aromatic N) is 3. The Morgan fingerprint density at radius 2 is 1.80 bits per heavy atom. The van der Waals surface area contributed by atoms with Crippen LogP contribution in [0.15, 0.2) is 47.3 Å². The first-order valence-corrected chi connectivity index (χ1v) is 7.83. The molecule has 0 unspecified atom stereocenters. The van der Waals surface area contributed by atoms with Gasteiger partial charge >= 0.3 is 6.18 Å². The standard InChI is InChI=1S/C17H16F3N3O2/c18-17(19,20)9-8-15(24)22-10-13(11-22)23-16(25)7-6-14(21-23)12-4-2-1-3-5-12/h1-7,13H,8-11H2. The van der Waals surface area contributed by atoms with Crippen molar-refractivity contribution in [2.24, 2.45) is 0 Å². The second-order valence-electron chi connectivity index (χ2n) is 5.94. The van der Waals surface area contributed by atoms with Crippen LogP contribution in [-0.2, 0) is 4.79 Å². The van der Waals surface area contributed by atoms with Gasteiger partial charge in [0, 0.05) is 31.1 Å². The smallest absolute Gasteiger partial charge is 0.338 e. The summed E-state index contributed by atoms with van der Waals surface area (Å²) in [5.41, 5.74) is 1.18. The van der Waals surface area contributed by atoms with Crippen molar-refractivity contribution in [1.82, 2.24) is 14.7 Å². The second-order valence-corrected chi connectivity index (χ2v) is 5.94. The molecule has 25 heavy (non-hydrogen) atoms. The van der Waals surface area contributed by atoms with Crippen LogP contribution in [-0.4, -0.2) is 39.9 Å². The van der Waals surface area contributed by atoms with Crippen molar-refractivity contribution in [2.75, 3.05) is 13.1 Å². The Kier molecular flexibility index (Phi) is 4.61. The van der Waals surface area contributed by atoms with Gasteiger partial charge in [-0.25, -0.2) is 4.68 Å². The molecule has 0 atom stereocenters. The molecule has 8 heteroatoms. The van der Waals surface area contributed by atoms with E-state index in [4.69, 9.17) is 0 Å². The van der Waals surface area contributed by atoms with Crippen molar-refractivity contribution in [2.45, 2.75) is 25.1 Å². The predicted molar refractivity (Wildman–Crippen MR) is 84.8 cm³/mol. The third kappa shape index (κ3) is 4.07. The van der Waals surface area contributed by atoms with Gasteiger partial charge in [0.25, 0.3) is 5.56 Å². The molecule has 1 amide bonds. The maximum atomic E-state index is 12.2. The van der Waals surface area contributed by atoms with E-state index in [1.807, 2.05) is 30.3 Å². The molecule has 5 nitrogen and oxygen atoms in total. The monoisotopic (exact) mass is 351 g/mol. The maximum absolute atomic E-state index is 12.2. The average molecular weight is 351 g/mol. The number of rotatable bonds is 4. The molecule has 2 heterocycles. The quantitative estimate of drug-likeness (QED) is 0.851. The van der Waals surface area contributed by atoms with E-state index >= 15 is 0 Å². The number of alkyl halides is 3. The highest BCUT2D eigenvalue weighted by Crippen LogP contribution is 2.25. The molecule has 2 aromatic rings. The van der Waals surface area contributed by atoms with Gasteiger partial charge in [-0.2, -0.15) is 18.3 Å². The zero-order valence-electron chi connectivity index (χ0n) is 13.2. The van der Waals surface area contributed by atoms with Gasteiger partial charge in [-0.05, 0) is 6.07 Å². The minimum absolute atomic E-state index is 0.196. The first-order chi connectivity index (χ1) is 11.8. The van der Waals surface area contributed by atoms with Crippen LogP contribution in [0.3, 0.4) is 0 Å². The van der Waals surface area contributed by atoms with Gasteiger partial charge in [-0.15, -0.1) is 0 Å². The summed E-state index contributed by atoms with van der Waals surface area (Å²) in [5, 5.41) is 4.33. The van der Waals surface area contributed by atoms with E-state index in [-0.39, 0.29) is 24.7 Å². The van der Waals surface area contributed by atoms with E-state index < -0.39 is 24.9 Å². The van der Waals surface area contributed by atoms with E-state index in [0.717, 1.165) is 5.56 Å². The fourth-order valence-corrected chi connectivity index (χ4v) is 2.67. The van der Waals surface area contributed by atoms with Crippen molar-refractivity contribution in [3.63, 3.8) is 0 Å². The summed E-state index contributed by atoms with van der Waals surface area (Å²) in [6.07, 6.45) is -6.04. The fourth-order valence-electron chi connectivity index (χ4n) is 2.67. The Bertz CT molecular complexity index is 812. The minimum Gasteiger partial charge on any atom is -0.338 e. The fraction of sp³-hybridized carbons (Fsp3) is 0.353. The molecule has 132 valence electrons. The number of carbonyl (C=O) groups is 1. The molecule has 1 aliphatic heterocycles. The first kappa shape index (κ1) is 17.2. The molecule has 0 bridgehead atoms. The van der Waals surface area contributed by atoms with E-state index in [9.17, 15) is 22.8 Å². The lowest BCUT2D eigenvalue weighted by Gasteiger charge is -2.39. The largest absolute Gasteiger partial charge is 0.389 e. The van der Waals surface area contributed by atoms with Crippen LogP contribution in [0.1, 0.15) is 18.9 Å². The van der Waals surface area contributed by atoms with Gasteiger partial charge in [0.15, 0.2) is 0 Å². The van der Waals surface area contributed by atoms with Crippen molar-refractivity contribution >= 4 is 5.91 Å². The average Bonchev–Trinajstić information content (AvgIpc) is 2.53. The van der Waals surface area contributed by atoms with E-state index in [0.29, 0.717) is 5.69 Å². The molecular weight excluding hydrogens is 335 g/mol. The van der Waals surface area contributed by atoms with Gasteiger partial charge in [0.2, 0.25) is 5.91 Å². The van der Waals surface area contributed by atoms with Crippen LogP contribution in [0.5, 0.6) is 0 Å². The number of amides is 1. The van der Waals surface area contributed by atoms with Crippen molar-refractivity contribution in [3.05, 3.63) is 52.8 Å². The van der Waals surface area contributed by atoms with E-state index in [1.165, 1.54) is 15.6 Å². The third-order valence-corrected chi connectivity index (χ3v) is 4.08. The number of carbonyl (C=O) groups excluding carboxylic acids is 1. The molecular formula is C17H16F3N3O2. The highest BCUT2D eigenvalue weighted by Gasteiger charge is 2.35. The number of halogens is 3. The van der Waals surface area contributed by atoms with Gasteiger partial charge in [-0.1, -0.05) is 30.3 Å². The van der Waals surface area contributed by atoms with Crippen LogP contribution in [0, 0.1) is 0 Å². The Hall–Kier alpha value is -2.64. The summed E-state index contributed by atoms with van der Waals surface area (Å²) >= 11 is 0. The van der Waals surface area contributed by atoms with Crippen molar-refractivity contribution in [1.29, 1.82) is 0 Å². The minimum atomic E-state index is -4.34. The molecule has 1 aromatic heterocycles. The molecule has 0 spiro atoms. The number of hydrogen-bond donors (Lipinski definition) is 0. The van der Waals surface area contributed by atoms with Crippen LogP contribution >= 0.6 is 0 Å². The van der Waals surface area contributed by atoms with Crippen LogP contribution in [0.25, 0.3) is 11.3 Å². The van der Waals surface area contributed by atoms with Crippen molar-refractivity contribution < 1.29 is 18.0 Å². The summed E-state index contributed by atoms with van der Waals surface area (Å²) < 4.78 is 37.8. The summed E-state index contributed by atoms with van der Waals surface area (Å²) in [6.45, 7) is 0.393. The lowest BCUT2D eigenvalue weighted by atomic mass is 10.1. The molecule has 1 saturated heterocycles. The molecule has 3 rings (SSSR count). The Morgan fingerprint density at radius 3 is 2.44 bits per heavy atom. The normalized spacial score (nSPS) is 15.1. The number of aromatic nitrogens is 2. The van der Waals surface area contributed by atoms with Gasteiger partial charge in [0.1, 0.15) is 0 Å². The summed E-state index contributed by atoms with van der Waals surface area (Å²) in [6, 6.07) is 12.0. The highest BCUT2D eigenvalue weighted by molar-refractivity contribution is 5.77. The number of benzene rings is 1. The molecule has 0 aliphatic carbocycles. The molecule has 1 fully saturated rings. The Balaban J connectivity index is 1.66. The van der Waals surface area contributed by atoms with Crippen molar-refractivity contribution in [3.8, 4) is 11.3 Å². The topological polar surface area (TPSA) is 55.2 Å². The Morgan fingerprint density at radius 1 is 1.12 bits per heavy atom. The molecule has 1 aliphatic rings. The predicted octanol–water partition coefficient (Wildman–Crippen LogP) is 2.64. The van der Waals surface area contributed by atoms with Crippen LogP contribution < -0.4 is 5.56 Å². The van der Waals surface area contributed by atoms with E-state index in [2.05, 4.69) is 5.10 Å². The zero-order valence-corrected chi connectivity index (χ0v) is 13.2. The Labute approximate surface area is 141 Å². The molecule has 1 aromatic carbocycles. The van der Waals surface area contributed by atoms with Crippen LogP contribution in [0.2, 0.25) is 0 Å². The number of hydrogen-bond acceptors (Lipinski definition) is 3. The third-order valence-electron chi connectivity index (χ3n) is 4.08. The lowest BCUT2D eigenvalue weighted by Crippen LogP contribution is -2.53. The zero-order chi connectivity index (χ0) is 18.0. The summed E-state index contributed by atoms with van der Waals surface area (Å²) in [4.78, 5) is 25.1. The van der Waals surface area contributed by atoms with E-state index in [1.54, 1.807) is 6.07 Å².